The molecule has 1 aromatic heterocycles. The molecule has 0 saturated carbocycles. The molecule has 1 heterocycles. The third kappa shape index (κ3) is 6.15. The van der Waals surface area contributed by atoms with Gasteiger partial charge < -0.3 is 19.8 Å². The second-order valence-corrected chi connectivity index (χ2v) is 9.60. The molecule has 2 N–H and O–H groups in total. The first-order valence-electron chi connectivity index (χ1n) is 10.0. The Kier molecular flexibility index (Phi) is 8.13. The van der Waals surface area contributed by atoms with Crippen LogP contribution in [0.5, 0.6) is 5.75 Å². The Bertz CT molecular complexity index is 1190. The molecule has 10 heteroatoms. The van der Waals surface area contributed by atoms with E-state index in [9.17, 15) is 18.0 Å². The molecule has 0 fully saturated rings. The molecule has 8 nitrogen and oxygen atoms in total. The van der Waals surface area contributed by atoms with Crippen molar-refractivity contribution >= 4 is 33.3 Å². The quantitative estimate of drug-likeness (QED) is 0.446. The van der Waals surface area contributed by atoms with E-state index < -0.39 is 26.9 Å². The van der Waals surface area contributed by atoms with Gasteiger partial charge in [-0.15, -0.1) is 0 Å². The number of furan rings is 1. The molecule has 0 radical (unpaired) electrons. The molecule has 3 rings (SSSR count). The van der Waals surface area contributed by atoms with Crippen molar-refractivity contribution in [3.8, 4) is 5.75 Å². The number of benzene rings is 2. The third-order valence-electron chi connectivity index (χ3n) is 4.90. The van der Waals surface area contributed by atoms with Crippen LogP contribution < -0.4 is 15.4 Å². The second kappa shape index (κ2) is 11.0. The zero-order valence-corrected chi connectivity index (χ0v) is 19.4. The second-order valence-electron chi connectivity index (χ2n) is 7.03. The van der Waals surface area contributed by atoms with Gasteiger partial charge in [-0.2, -0.15) is 0 Å². The van der Waals surface area contributed by atoms with Crippen molar-refractivity contribution in [1.82, 2.24) is 10.6 Å². The first-order chi connectivity index (χ1) is 15.8. The maximum absolute atomic E-state index is 13.1. The molecule has 0 saturated heterocycles. The number of halogens is 1. The van der Waals surface area contributed by atoms with Crippen molar-refractivity contribution in [3.05, 3.63) is 83.3 Å². The van der Waals surface area contributed by atoms with Gasteiger partial charge in [0.2, 0.25) is 0 Å². The minimum Gasteiger partial charge on any atom is -0.496 e. The monoisotopic (exact) mass is 490 g/mol. The van der Waals surface area contributed by atoms with Gasteiger partial charge in [-0.05, 0) is 54.4 Å². The van der Waals surface area contributed by atoms with Gasteiger partial charge in [0.05, 0.1) is 18.3 Å². The van der Waals surface area contributed by atoms with Gasteiger partial charge in [0, 0.05) is 18.1 Å². The molecule has 33 heavy (non-hydrogen) atoms. The van der Waals surface area contributed by atoms with Crippen LogP contribution in [-0.4, -0.2) is 40.4 Å². The molecule has 2 aromatic carbocycles. The highest BCUT2D eigenvalue weighted by atomic mass is 35.5. The predicted molar refractivity (Wildman–Crippen MR) is 123 cm³/mol. The van der Waals surface area contributed by atoms with Gasteiger partial charge in [-0.25, -0.2) is 8.42 Å². The minimum atomic E-state index is -3.94. The van der Waals surface area contributed by atoms with E-state index in [1.807, 2.05) is 18.2 Å². The van der Waals surface area contributed by atoms with Crippen LogP contribution in [0.1, 0.15) is 16.6 Å². The summed E-state index contributed by atoms with van der Waals surface area (Å²) in [7, 11) is -2.38. The molecule has 0 spiro atoms. The summed E-state index contributed by atoms with van der Waals surface area (Å²) in [5.41, 5.74) is 0.882. The number of hydrogen-bond acceptors (Lipinski definition) is 6. The van der Waals surface area contributed by atoms with Crippen LogP contribution >= 0.6 is 11.6 Å². The number of amides is 2. The highest BCUT2D eigenvalue weighted by Crippen LogP contribution is 2.29. The van der Waals surface area contributed by atoms with E-state index in [1.165, 1.54) is 36.6 Å². The van der Waals surface area contributed by atoms with Crippen LogP contribution in [0, 0.1) is 0 Å². The fraction of sp³-hybridized carbons (Fsp3) is 0.217. The first-order valence-corrected chi connectivity index (χ1v) is 12.0. The number of para-hydroxylation sites is 1. The van der Waals surface area contributed by atoms with Crippen LogP contribution in [0.15, 0.2) is 76.2 Å². The zero-order valence-electron chi connectivity index (χ0n) is 17.8. The summed E-state index contributed by atoms with van der Waals surface area (Å²) in [5.74, 6) is -0.989. The zero-order chi connectivity index (χ0) is 23.8. The maximum atomic E-state index is 13.1. The summed E-state index contributed by atoms with van der Waals surface area (Å²) in [5, 5.41) is 4.08. The fourth-order valence-electron chi connectivity index (χ4n) is 3.19. The lowest BCUT2D eigenvalue weighted by Crippen LogP contribution is -2.42. The molecule has 0 aliphatic carbocycles. The molecule has 1 atom stereocenters. The number of sulfone groups is 1. The molecular weight excluding hydrogens is 468 g/mol. The molecule has 174 valence electrons. The summed E-state index contributed by atoms with van der Waals surface area (Å²) in [6.07, 6.45) is 1.80. The molecule has 0 aliphatic rings. The molecule has 2 amide bonds. The molecule has 1 unspecified atom stereocenters. The lowest BCUT2D eigenvalue weighted by atomic mass is 10.1. The number of ether oxygens (including phenoxy) is 1. The lowest BCUT2D eigenvalue weighted by molar-refractivity contribution is -0.139. The highest BCUT2D eigenvalue weighted by molar-refractivity contribution is 7.91. The Hall–Kier alpha value is -3.30. The van der Waals surface area contributed by atoms with Crippen LogP contribution in [0.4, 0.5) is 0 Å². The smallest absolute Gasteiger partial charge is 0.309 e. The summed E-state index contributed by atoms with van der Waals surface area (Å²) >= 11 is 5.85. The summed E-state index contributed by atoms with van der Waals surface area (Å²) in [6.45, 7) is -0.144. The summed E-state index contributed by atoms with van der Waals surface area (Å²) < 4.78 is 36.8. The van der Waals surface area contributed by atoms with Gasteiger partial charge in [0.25, 0.3) is 0 Å². The van der Waals surface area contributed by atoms with Crippen LogP contribution in [0.2, 0.25) is 5.02 Å². The summed E-state index contributed by atoms with van der Waals surface area (Å²) in [4.78, 5) is 24.5. The average molecular weight is 491 g/mol. The first kappa shape index (κ1) is 24.3. The Labute approximate surface area is 196 Å². The van der Waals surface area contributed by atoms with Crippen LogP contribution in [0.3, 0.4) is 0 Å². The van der Waals surface area contributed by atoms with E-state index in [0.717, 1.165) is 5.56 Å². The largest absolute Gasteiger partial charge is 0.496 e. The maximum Gasteiger partial charge on any atom is 0.309 e. The van der Waals surface area contributed by atoms with Gasteiger partial charge in [0.15, 0.2) is 9.84 Å². The SMILES string of the molecule is COc1ccccc1CCNC(=O)C(=O)NCC(c1ccco1)S(=O)(=O)c1ccc(Cl)cc1. The number of rotatable bonds is 9. The van der Waals surface area contributed by atoms with Crippen molar-refractivity contribution < 1.29 is 27.2 Å². The van der Waals surface area contributed by atoms with E-state index in [0.29, 0.717) is 17.2 Å². The van der Waals surface area contributed by atoms with Crippen LogP contribution in [-0.2, 0) is 25.8 Å². The molecule has 0 aliphatic heterocycles. The fourth-order valence-corrected chi connectivity index (χ4v) is 4.91. The molecule has 3 aromatic rings. The Morgan fingerprint density at radius 3 is 2.36 bits per heavy atom. The average Bonchev–Trinajstić information content (AvgIpc) is 3.34. The van der Waals surface area contributed by atoms with Gasteiger partial charge in [0.1, 0.15) is 16.8 Å². The number of methoxy groups -OCH3 is 1. The van der Waals surface area contributed by atoms with Gasteiger partial charge >= 0.3 is 11.8 Å². The normalized spacial score (nSPS) is 12.1. The molecule has 0 bridgehead atoms. The van der Waals surface area contributed by atoms with Crippen molar-refractivity contribution in [3.63, 3.8) is 0 Å². The number of nitrogens with one attached hydrogen (secondary N) is 2. The topological polar surface area (TPSA) is 115 Å². The third-order valence-corrected chi connectivity index (χ3v) is 7.23. The number of carbonyl (C=O) groups excluding carboxylic acids is 2. The van der Waals surface area contributed by atoms with E-state index >= 15 is 0 Å². The number of carbonyl (C=O) groups is 2. The van der Waals surface area contributed by atoms with Gasteiger partial charge in [-0.1, -0.05) is 29.8 Å². The van der Waals surface area contributed by atoms with Crippen molar-refractivity contribution in [2.24, 2.45) is 0 Å². The molecular formula is C23H23ClN2O6S. The lowest BCUT2D eigenvalue weighted by Gasteiger charge is -2.16. The van der Waals surface area contributed by atoms with E-state index in [1.54, 1.807) is 19.2 Å². The van der Waals surface area contributed by atoms with E-state index in [2.05, 4.69) is 10.6 Å². The van der Waals surface area contributed by atoms with Crippen molar-refractivity contribution in [1.29, 1.82) is 0 Å². The van der Waals surface area contributed by atoms with E-state index in [4.69, 9.17) is 20.8 Å². The van der Waals surface area contributed by atoms with Gasteiger partial charge in [-0.3, -0.25) is 9.59 Å². The Morgan fingerprint density at radius 2 is 1.70 bits per heavy atom. The van der Waals surface area contributed by atoms with E-state index in [-0.39, 0.29) is 23.7 Å². The summed E-state index contributed by atoms with van der Waals surface area (Å²) in [6, 6.07) is 16.1. The van der Waals surface area contributed by atoms with Crippen LogP contribution in [0.25, 0.3) is 0 Å². The number of hydrogen-bond donors (Lipinski definition) is 2. The standard InChI is InChI=1S/C23H23ClN2O6S/c1-31-19-6-3-2-5-16(19)12-13-25-22(27)23(28)26-15-21(20-7-4-14-32-20)33(29,30)18-10-8-17(24)9-11-18/h2-11,14,21H,12-13,15H2,1H3,(H,25,27)(H,26,28). The Morgan fingerprint density at radius 1 is 1.00 bits per heavy atom. The van der Waals surface area contributed by atoms with Crippen molar-refractivity contribution in [2.75, 3.05) is 20.2 Å². The van der Waals surface area contributed by atoms with Crippen molar-refractivity contribution in [2.45, 2.75) is 16.6 Å². The minimum absolute atomic E-state index is 0.0174. The highest BCUT2D eigenvalue weighted by Gasteiger charge is 2.32. The Balaban J connectivity index is 1.62. The predicted octanol–water partition coefficient (Wildman–Crippen LogP) is 2.93.